The standard InChI is InChI=1S/C10H9N3O4/c1-2-4-8(14)12-10(15)9-7(13(16)17)5-3-6-11-9/h2-6H,1H3,(H,12,14,15)/b4-2+. The normalized spacial score (nSPS) is 10.2. The average molecular weight is 235 g/mol. The van der Waals surface area contributed by atoms with Crippen LogP contribution in [0, 0.1) is 10.1 Å². The first-order valence-corrected chi connectivity index (χ1v) is 4.63. The Morgan fingerprint density at radius 1 is 1.53 bits per heavy atom. The number of allylic oxidation sites excluding steroid dienone is 1. The van der Waals surface area contributed by atoms with Gasteiger partial charge in [0.2, 0.25) is 5.69 Å². The maximum Gasteiger partial charge on any atom is 0.300 e. The van der Waals surface area contributed by atoms with Crippen molar-refractivity contribution in [2.75, 3.05) is 0 Å². The molecule has 0 spiro atoms. The van der Waals surface area contributed by atoms with Crippen molar-refractivity contribution in [2.24, 2.45) is 0 Å². The molecule has 0 atom stereocenters. The molecule has 17 heavy (non-hydrogen) atoms. The van der Waals surface area contributed by atoms with E-state index < -0.39 is 28.1 Å². The molecule has 88 valence electrons. The number of rotatable bonds is 3. The van der Waals surface area contributed by atoms with E-state index in [1.165, 1.54) is 18.3 Å². The Labute approximate surface area is 96.3 Å². The van der Waals surface area contributed by atoms with E-state index in [0.717, 1.165) is 12.1 Å². The van der Waals surface area contributed by atoms with E-state index in [1.54, 1.807) is 6.92 Å². The quantitative estimate of drug-likeness (QED) is 0.474. The molecule has 1 heterocycles. The molecule has 0 bridgehead atoms. The number of amides is 2. The third-order valence-corrected chi connectivity index (χ3v) is 1.75. The number of hydrogen-bond acceptors (Lipinski definition) is 5. The van der Waals surface area contributed by atoms with E-state index in [1.807, 2.05) is 5.32 Å². The van der Waals surface area contributed by atoms with Gasteiger partial charge in [0, 0.05) is 12.3 Å². The summed E-state index contributed by atoms with van der Waals surface area (Å²) in [5, 5.41) is 12.6. The van der Waals surface area contributed by atoms with Crippen LogP contribution in [0.2, 0.25) is 0 Å². The van der Waals surface area contributed by atoms with Crippen LogP contribution in [0.4, 0.5) is 5.69 Å². The Bertz CT molecular complexity index is 496. The van der Waals surface area contributed by atoms with Gasteiger partial charge in [-0.25, -0.2) is 4.98 Å². The van der Waals surface area contributed by atoms with Crippen LogP contribution in [0.5, 0.6) is 0 Å². The highest BCUT2D eigenvalue weighted by atomic mass is 16.6. The van der Waals surface area contributed by atoms with Crippen LogP contribution in [0.3, 0.4) is 0 Å². The van der Waals surface area contributed by atoms with Gasteiger partial charge in [0.25, 0.3) is 11.8 Å². The molecule has 0 radical (unpaired) electrons. The highest BCUT2D eigenvalue weighted by molar-refractivity contribution is 6.08. The third kappa shape index (κ3) is 3.20. The Balaban J connectivity index is 2.97. The summed E-state index contributed by atoms with van der Waals surface area (Å²) in [4.78, 5) is 36.1. The van der Waals surface area contributed by atoms with Crippen LogP contribution in [0.25, 0.3) is 0 Å². The zero-order valence-electron chi connectivity index (χ0n) is 8.91. The van der Waals surface area contributed by atoms with Gasteiger partial charge in [0.15, 0.2) is 0 Å². The number of nitrogens with zero attached hydrogens (tertiary/aromatic N) is 2. The number of carbonyl (C=O) groups excluding carboxylic acids is 2. The van der Waals surface area contributed by atoms with E-state index >= 15 is 0 Å². The molecule has 2 amide bonds. The summed E-state index contributed by atoms with van der Waals surface area (Å²) in [7, 11) is 0. The first-order valence-electron chi connectivity index (χ1n) is 4.63. The summed E-state index contributed by atoms with van der Waals surface area (Å²) in [5.41, 5.74) is -0.839. The van der Waals surface area contributed by atoms with Gasteiger partial charge in [0.1, 0.15) is 0 Å². The van der Waals surface area contributed by atoms with Gasteiger partial charge >= 0.3 is 5.69 Å². The molecule has 0 aliphatic rings. The zero-order valence-corrected chi connectivity index (χ0v) is 8.91. The fourth-order valence-corrected chi connectivity index (χ4v) is 1.08. The molecule has 1 N–H and O–H groups in total. The predicted octanol–water partition coefficient (Wildman–Crippen LogP) is 0.822. The number of pyridine rings is 1. The van der Waals surface area contributed by atoms with Crippen molar-refractivity contribution in [1.29, 1.82) is 0 Å². The smallest absolute Gasteiger partial charge is 0.287 e. The molecule has 0 fully saturated rings. The molecule has 0 unspecified atom stereocenters. The van der Waals surface area contributed by atoms with Crippen molar-refractivity contribution < 1.29 is 14.5 Å². The minimum absolute atomic E-state index is 0.393. The van der Waals surface area contributed by atoms with Gasteiger partial charge in [-0.1, -0.05) is 6.08 Å². The molecule has 0 saturated carbocycles. The summed E-state index contributed by atoms with van der Waals surface area (Å²) in [5.74, 6) is -1.56. The van der Waals surface area contributed by atoms with Crippen LogP contribution in [-0.2, 0) is 4.79 Å². The largest absolute Gasteiger partial charge is 0.300 e. The Kier molecular flexibility index (Phi) is 4.04. The molecular formula is C10H9N3O4. The van der Waals surface area contributed by atoms with Gasteiger partial charge in [-0.05, 0) is 19.1 Å². The Morgan fingerprint density at radius 3 is 2.82 bits per heavy atom. The summed E-state index contributed by atoms with van der Waals surface area (Å²) in [6, 6.07) is 2.48. The molecule has 0 aliphatic carbocycles. The van der Waals surface area contributed by atoms with Gasteiger partial charge in [0.05, 0.1) is 4.92 Å². The maximum absolute atomic E-state index is 11.5. The van der Waals surface area contributed by atoms with Crippen molar-refractivity contribution in [3.8, 4) is 0 Å². The summed E-state index contributed by atoms with van der Waals surface area (Å²) in [6.45, 7) is 1.60. The summed E-state index contributed by atoms with van der Waals surface area (Å²) < 4.78 is 0. The molecular weight excluding hydrogens is 226 g/mol. The van der Waals surface area contributed by atoms with Crippen molar-refractivity contribution in [3.05, 3.63) is 46.3 Å². The first-order chi connectivity index (χ1) is 8.06. The molecule has 7 heteroatoms. The number of nitrogens with one attached hydrogen (secondary N) is 1. The predicted molar refractivity (Wildman–Crippen MR) is 58.2 cm³/mol. The zero-order chi connectivity index (χ0) is 12.8. The number of carbonyl (C=O) groups is 2. The fraction of sp³-hybridized carbons (Fsp3) is 0.100. The lowest BCUT2D eigenvalue weighted by molar-refractivity contribution is -0.385. The van der Waals surface area contributed by atoms with Gasteiger partial charge in [-0.3, -0.25) is 25.0 Å². The molecule has 0 aromatic carbocycles. The fourth-order valence-electron chi connectivity index (χ4n) is 1.08. The SMILES string of the molecule is C/C=C/C(=O)NC(=O)c1ncccc1[N+](=O)[O-]. The van der Waals surface area contributed by atoms with Crippen LogP contribution in [0.15, 0.2) is 30.5 Å². The summed E-state index contributed by atoms with van der Waals surface area (Å²) in [6.07, 6.45) is 3.81. The van der Waals surface area contributed by atoms with E-state index in [-0.39, 0.29) is 0 Å². The van der Waals surface area contributed by atoms with Crippen molar-refractivity contribution >= 4 is 17.5 Å². The van der Waals surface area contributed by atoms with E-state index in [9.17, 15) is 19.7 Å². The topological polar surface area (TPSA) is 102 Å². The Hall–Kier alpha value is -2.57. The number of nitro groups is 1. The Morgan fingerprint density at radius 2 is 2.24 bits per heavy atom. The van der Waals surface area contributed by atoms with Crippen molar-refractivity contribution in [3.63, 3.8) is 0 Å². The minimum Gasteiger partial charge on any atom is -0.287 e. The lowest BCUT2D eigenvalue weighted by atomic mass is 10.3. The van der Waals surface area contributed by atoms with E-state index in [0.29, 0.717) is 0 Å². The summed E-state index contributed by atoms with van der Waals surface area (Å²) >= 11 is 0. The van der Waals surface area contributed by atoms with Crippen molar-refractivity contribution in [1.82, 2.24) is 10.3 Å². The van der Waals surface area contributed by atoms with Crippen LogP contribution < -0.4 is 5.32 Å². The molecule has 1 rings (SSSR count). The number of aromatic nitrogens is 1. The molecule has 0 aliphatic heterocycles. The lowest BCUT2D eigenvalue weighted by Crippen LogP contribution is -2.30. The molecule has 1 aromatic heterocycles. The van der Waals surface area contributed by atoms with E-state index in [2.05, 4.69) is 4.98 Å². The minimum atomic E-state index is -0.902. The van der Waals surface area contributed by atoms with Crippen LogP contribution in [0.1, 0.15) is 17.4 Å². The molecule has 7 nitrogen and oxygen atoms in total. The third-order valence-electron chi connectivity index (χ3n) is 1.75. The molecule has 0 saturated heterocycles. The second-order valence-corrected chi connectivity index (χ2v) is 2.95. The first kappa shape index (κ1) is 12.5. The highest BCUT2D eigenvalue weighted by Gasteiger charge is 2.21. The van der Waals surface area contributed by atoms with Crippen LogP contribution in [-0.4, -0.2) is 21.7 Å². The average Bonchev–Trinajstić information content (AvgIpc) is 2.29. The second kappa shape index (κ2) is 5.50. The maximum atomic E-state index is 11.5. The molecule has 1 aromatic rings. The number of imide groups is 1. The highest BCUT2D eigenvalue weighted by Crippen LogP contribution is 2.14. The van der Waals surface area contributed by atoms with Gasteiger partial charge in [-0.2, -0.15) is 0 Å². The van der Waals surface area contributed by atoms with Crippen molar-refractivity contribution in [2.45, 2.75) is 6.92 Å². The van der Waals surface area contributed by atoms with Gasteiger partial charge < -0.3 is 0 Å². The van der Waals surface area contributed by atoms with Gasteiger partial charge in [-0.15, -0.1) is 0 Å². The monoisotopic (exact) mass is 235 g/mol. The number of hydrogen-bond donors (Lipinski definition) is 1. The lowest BCUT2D eigenvalue weighted by Gasteiger charge is -2.00. The second-order valence-electron chi connectivity index (χ2n) is 2.95. The van der Waals surface area contributed by atoms with Crippen LogP contribution >= 0.6 is 0 Å². The van der Waals surface area contributed by atoms with E-state index in [4.69, 9.17) is 0 Å².